The molecule has 1 heterocycles. The molecule has 1 aromatic carbocycles. The molecule has 1 fully saturated rings. The monoisotopic (exact) mass is 345 g/mol. The number of hydrogen-bond acceptors (Lipinski definition) is 3. The van der Waals surface area contributed by atoms with Crippen LogP contribution in [0.25, 0.3) is 0 Å². The molecule has 2 rings (SSSR count). The summed E-state index contributed by atoms with van der Waals surface area (Å²) in [5.74, 6) is -0.188. The Morgan fingerprint density at radius 3 is 2.65 bits per heavy atom. The highest BCUT2D eigenvalue weighted by Gasteiger charge is 2.19. The summed E-state index contributed by atoms with van der Waals surface area (Å²) in [5, 5.41) is 0. The Labute approximate surface area is 128 Å². The van der Waals surface area contributed by atoms with Gasteiger partial charge >= 0.3 is 0 Å². The van der Waals surface area contributed by atoms with Crippen LogP contribution in [-0.2, 0) is 16.0 Å². The smallest absolute Gasteiger partial charge is 0.124 e. The first-order chi connectivity index (χ1) is 9.67. The first kappa shape index (κ1) is 15.9. The van der Waals surface area contributed by atoms with Gasteiger partial charge < -0.3 is 9.47 Å². The van der Waals surface area contributed by atoms with Crippen molar-refractivity contribution in [1.82, 2.24) is 4.90 Å². The summed E-state index contributed by atoms with van der Waals surface area (Å²) in [6, 6.07) is 5.07. The zero-order valence-corrected chi connectivity index (χ0v) is 13.4. The van der Waals surface area contributed by atoms with Crippen molar-refractivity contribution in [3.05, 3.63) is 34.1 Å². The summed E-state index contributed by atoms with van der Waals surface area (Å²) in [5.41, 5.74) is 1.01. The predicted octanol–water partition coefficient (Wildman–Crippen LogP) is 3.22. The van der Waals surface area contributed by atoms with Crippen LogP contribution in [-0.4, -0.2) is 44.4 Å². The van der Waals surface area contributed by atoms with Crippen LogP contribution in [0.3, 0.4) is 0 Å². The van der Waals surface area contributed by atoms with Crippen LogP contribution in [0, 0.1) is 5.82 Å². The Bertz CT molecular complexity index is 402. The van der Waals surface area contributed by atoms with Crippen molar-refractivity contribution in [3.8, 4) is 0 Å². The number of ether oxygens (including phenoxy) is 2. The van der Waals surface area contributed by atoms with Gasteiger partial charge in [0.05, 0.1) is 19.3 Å². The summed E-state index contributed by atoms with van der Waals surface area (Å²) in [7, 11) is 1.68. The van der Waals surface area contributed by atoms with Crippen LogP contribution >= 0.6 is 15.9 Å². The number of hydrogen-bond donors (Lipinski definition) is 0. The Kier molecular flexibility index (Phi) is 6.42. The molecule has 20 heavy (non-hydrogen) atoms. The Morgan fingerprint density at radius 2 is 2.00 bits per heavy atom. The van der Waals surface area contributed by atoms with Crippen LogP contribution < -0.4 is 0 Å². The first-order valence-electron chi connectivity index (χ1n) is 6.95. The third-order valence-corrected chi connectivity index (χ3v) is 3.96. The Morgan fingerprint density at radius 1 is 1.25 bits per heavy atom. The number of rotatable bonds is 6. The van der Waals surface area contributed by atoms with E-state index >= 15 is 0 Å². The number of benzene rings is 1. The average Bonchev–Trinajstić information content (AvgIpc) is 2.40. The van der Waals surface area contributed by atoms with E-state index in [0.717, 1.165) is 42.5 Å². The molecule has 1 saturated heterocycles. The zero-order chi connectivity index (χ0) is 14.4. The fourth-order valence-corrected chi connectivity index (χ4v) is 3.01. The molecule has 0 aromatic heterocycles. The normalized spacial score (nSPS) is 17.6. The minimum Gasteiger partial charge on any atom is -0.382 e. The molecular formula is C15H21BrFNO2. The van der Waals surface area contributed by atoms with E-state index in [1.54, 1.807) is 13.2 Å². The molecule has 3 nitrogen and oxygen atoms in total. The van der Waals surface area contributed by atoms with Crippen LogP contribution in [0.4, 0.5) is 4.39 Å². The van der Waals surface area contributed by atoms with Crippen molar-refractivity contribution >= 4 is 15.9 Å². The molecule has 112 valence electrons. The first-order valence-corrected chi connectivity index (χ1v) is 7.74. The second kappa shape index (κ2) is 8.08. The van der Waals surface area contributed by atoms with Gasteiger partial charge in [-0.05, 0) is 36.6 Å². The molecular weight excluding hydrogens is 325 g/mol. The van der Waals surface area contributed by atoms with Crippen molar-refractivity contribution in [1.29, 1.82) is 0 Å². The molecule has 0 spiro atoms. The molecule has 0 atom stereocenters. The van der Waals surface area contributed by atoms with E-state index in [2.05, 4.69) is 20.8 Å². The van der Waals surface area contributed by atoms with E-state index in [4.69, 9.17) is 9.47 Å². The molecule has 5 heteroatoms. The molecule has 0 unspecified atom stereocenters. The van der Waals surface area contributed by atoms with Gasteiger partial charge in [-0.3, -0.25) is 4.90 Å². The van der Waals surface area contributed by atoms with Crippen LogP contribution in [0.1, 0.15) is 18.4 Å². The standard InChI is InChI=1S/C15H21BrFNO2/c1-19-6-7-20-15-2-4-18(5-3-15)11-12-8-13(16)10-14(17)9-12/h8-10,15H,2-7,11H2,1H3. The van der Waals surface area contributed by atoms with E-state index in [0.29, 0.717) is 19.3 Å². The van der Waals surface area contributed by atoms with Gasteiger partial charge in [-0.15, -0.1) is 0 Å². The lowest BCUT2D eigenvalue weighted by Crippen LogP contribution is -2.37. The van der Waals surface area contributed by atoms with Gasteiger partial charge in [0.25, 0.3) is 0 Å². The minimum absolute atomic E-state index is 0.188. The van der Waals surface area contributed by atoms with Gasteiger partial charge in [-0.25, -0.2) is 4.39 Å². The van der Waals surface area contributed by atoms with Crippen molar-refractivity contribution in [2.75, 3.05) is 33.4 Å². The maximum atomic E-state index is 13.3. The number of halogens is 2. The summed E-state index contributed by atoms with van der Waals surface area (Å²) in [6.07, 6.45) is 2.39. The fourth-order valence-electron chi connectivity index (χ4n) is 2.49. The lowest BCUT2D eigenvalue weighted by Gasteiger charge is -2.31. The van der Waals surface area contributed by atoms with Crippen molar-refractivity contribution in [2.24, 2.45) is 0 Å². The second-order valence-corrected chi connectivity index (χ2v) is 6.03. The quantitative estimate of drug-likeness (QED) is 0.739. The van der Waals surface area contributed by atoms with Gasteiger partial charge in [-0.1, -0.05) is 15.9 Å². The SMILES string of the molecule is COCCOC1CCN(Cc2cc(F)cc(Br)c2)CC1. The van der Waals surface area contributed by atoms with Gasteiger partial charge in [0.2, 0.25) is 0 Å². The highest BCUT2D eigenvalue weighted by molar-refractivity contribution is 9.10. The van der Waals surface area contributed by atoms with Crippen LogP contribution in [0.15, 0.2) is 22.7 Å². The largest absolute Gasteiger partial charge is 0.382 e. The molecule has 0 bridgehead atoms. The number of methoxy groups -OCH3 is 1. The summed E-state index contributed by atoms with van der Waals surface area (Å²) in [6.45, 7) is 4.09. The highest BCUT2D eigenvalue weighted by Crippen LogP contribution is 2.19. The lowest BCUT2D eigenvalue weighted by molar-refractivity contribution is -0.0158. The summed E-state index contributed by atoms with van der Waals surface area (Å²) >= 11 is 3.33. The van der Waals surface area contributed by atoms with Crippen molar-refractivity contribution in [3.63, 3.8) is 0 Å². The maximum absolute atomic E-state index is 13.3. The fraction of sp³-hybridized carbons (Fsp3) is 0.600. The molecule has 1 aliphatic rings. The van der Waals surface area contributed by atoms with Gasteiger partial charge in [0.1, 0.15) is 5.82 Å². The van der Waals surface area contributed by atoms with Gasteiger partial charge in [0.15, 0.2) is 0 Å². The maximum Gasteiger partial charge on any atom is 0.124 e. The molecule has 0 amide bonds. The third kappa shape index (κ3) is 5.13. The number of nitrogens with zero attached hydrogens (tertiary/aromatic N) is 1. The second-order valence-electron chi connectivity index (χ2n) is 5.12. The molecule has 0 saturated carbocycles. The van der Waals surface area contributed by atoms with E-state index < -0.39 is 0 Å². The topological polar surface area (TPSA) is 21.7 Å². The molecule has 0 radical (unpaired) electrons. The van der Waals surface area contributed by atoms with Gasteiger partial charge in [-0.2, -0.15) is 0 Å². The van der Waals surface area contributed by atoms with Crippen LogP contribution in [0.2, 0.25) is 0 Å². The molecule has 1 aromatic rings. The van der Waals surface area contributed by atoms with Gasteiger partial charge in [0, 0.05) is 31.2 Å². The Balaban J connectivity index is 1.76. The Hall–Kier alpha value is -0.490. The minimum atomic E-state index is -0.188. The van der Waals surface area contributed by atoms with E-state index in [1.807, 2.05) is 6.07 Å². The van der Waals surface area contributed by atoms with Crippen LogP contribution in [0.5, 0.6) is 0 Å². The van der Waals surface area contributed by atoms with Crippen molar-refractivity contribution in [2.45, 2.75) is 25.5 Å². The van der Waals surface area contributed by atoms with Crippen molar-refractivity contribution < 1.29 is 13.9 Å². The third-order valence-electron chi connectivity index (χ3n) is 3.50. The number of likely N-dealkylation sites (tertiary alicyclic amines) is 1. The zero-order valence-electron chi connectivity index (χ0n) is 11.8. The van der Waals surface area contributed by atoms with E-state index in [1.165, 1.54) is 6.07 Å². The number of piperidine rings is 1. The average molecular weight is 346 g/mol. The highest BCUT2D eigenvalue weighted by atomic mass is 79.9. The predicted molar refractivity (Wildman–Crippen MR) is 80.2 cm³/mol. The van der Waals surface area contributed by atoms with E-state index in [9.17, 15) is 4.39 Å². The molecule has 0 aliphatic carbocycles. The summed E-state index contributed by atoms with van der Waals surface area (Å²) in [4.78, 5) is 2.34. The van der Waals surface area contributed by atoms with E-state index in [-0.39, 0.29) is 5.82 Å². The molecule has 1 aliphatic heterocycles. The molecule has 0 N–H and O–H groups in total. The lowest BCUT2D eigenvalue weighted by atomic mass is 10.1. The summed E-state index contributed by atoms with van der Waals surface area (Å²) < 4.78 is 24.9.